The highest BCUT2D eigenvalue weighted by atomic mass is 16.4. The first kappa shape index (κ1) is 16.0. The molecular weight excluding hydrogens is 258 g/mol. The molecule has 3 N–H and O–H groups in total. The molecular formula is C15H21NO4. The fraction of sp³-hybridized carbons (Fsp3) is 0.467. The molecule has 0 aliphatic rings. The molecule has 0 fully saturated rings. The van der Waals surface area contributed by atoms with Crippen molar-refractivity contribution in [2.75, 3.05) is 0 Å². The number of hydrogen-bond acceptors (Lipinski definition) is 3. The fourth-order valence-electron chi connectivity index (χ4n) is 2.02. The van der Waals surface area contributed by atoms with Gasteiger partial charge in [0, 0.05) is 12.3 Å². The molecule has 1 amide bonds. The molecule has 1 rings (SSSR count). The smallest absolute Gasteiger partial charge is 0.326 e. The van der Waals surface area contributed by atoms with E-state index in [0.29, 0.717) is 12.8 Å². The van der Waals surface area contributed by atoms with Gasteiger partial charge in [0.15, 0.2) is 0 Å². The summed E-state index contributed by atoms with van der Waals surface area (Å²) in [5.74, 6) is -1.31. The van der Waals surface area contributed by atoms with Crippen molar-refractivity contribution in [2.45, 2.75) is 39.2 Å². The van der Waals surface area contributed by atoms with Gasteiger partial charge in [-0.3, -0.25) is 4.79 Å². The molecule has 20 heavy (non-hydrogen) atoms. The topological polar surface area (TPSA) is 86.6 Å². The van der Waals surface area contributed by atoms with E-state index in [1.807, 2.05) is 13.8 Å². The van der Waals surface area contributed by atoms with E-state index in [1.165, 1.54) is 12.1 Å². The van der Waals surface area contributed by atoms with Crippen LogP contribution in [0.4, 0.5) is 0 Å². The minimum Gasteiger partial charge on any atom is -0.508 e. The number of carbonyl (C=O) groups is 2. The predicted octanol–water partition coefficient (Wildman–Crippen LogP) is 1.94. The van der Waals surface area contributed by atoms with Crippen LogP contribution in [0.5, 0.6) is 5.75 Å². The van der Waals surface area contributed by atoms with Gasteiger partial charge in [-0.05, 0) is 30.5 Å². The van der Waals surface area contributed by atoms with E-state index in [2.05, 4.69) is 5.32 Å². The second-order valence-electron chi connectivity index (χ2n) is 4.78. The first-order valence-electron chi connectivity index (χ1n) is 6.79. The Morgan fingerprint density at radius 2 is 1.70 bits per heavy atom. The molecule has 5 heteroatoms. The van der Waals surface area contributed by atoms with Crippen molar-refractivity contribution in [3.05, 3.63) is 29.8 Å². The van der Waals surface area contributed by atoms with Crippen LogP contribution in [-0.2, 0) is 16.0 Å². The molecule has 0 saturated heterocycles. The molecule has 1 aromatic rings. The number of carboxylic acids is 1. The van der Waals surface area contributed by atoms with Gasteiger partial charge >= 0.3 is 5.97 Å². The Morgan fingerprint density at radius 3 is 2.15 bits per heavy atom. The van der Waals surface area contributed by atoms with Crippen molar-refractivity contribution in [2.24, 2.45) is 5.92 Å². The van der Waals surface area contributed by atoms with Crippen LogP contribution in [-0.4, -0.2) is 28.1 Å². The van der Waals surface area contributed by atoms with E-state index in [9.17, 15) is 19.8 Å². The van der Waals surface area contributed by atoms with E-state index in [4.69, 9.17) is 0 Å². The molecule has 5 nitrogen and oxygen atoms in total. The molecule has 0 heterocycles. The van der Waals surface area contributed by atoms with Crippen LogP contribution in [0.3, 0.4) is 0 Å². The Balaban J connectivity index is 2.72. The maximum absolute atomic E-state index is 12.0. The third-order valence-electron chi connectivity index (χ3n) is 3.35. The van der Waals surface area contributed by atoms with Gasteiger partial charge in [0.05, 0.1) is 0 Å². The maximum Gasteiger partial charge on any atom is 0.326 e. The summed E-state index contributed by atoms with van der Waals surface area (Å²) in [5.41, 5.74) is 0.750. The number of hydrogen-bond donors (Lipinski definition) is 3. The number of carbonyl (C=O) groups excluding carboxylic acids is 1. The van der Waals surface area contributed by atoms with Gasteiger partial charge in [-0.25, -0.2) is 4.79 Å². The number of benzene rings is 1. The molecule has 110 valence electrons. The van der Waals surface area contributed by atoms with Crippen molar-refractivity contribution >= 4 is 11.9 Å². The van der Waals surface area contributed by atoms with Gasteiger partial charge < -0.3 is 15.5 Å². The largest absolute Gasteiger partial charge is 0.508 e. The average molecular weight is 279 g/mol. The number of rotatable bonds is 7. The number of carboxylic acid groups (broad SMARTS) is 1. The van der Waals surface area contributed by atoms with Crippen LogP contribution >= 0.6 is 0 Å². The van der Waals surface area contributed by atoms with Crippen LogP contribution in [0.15, 0.2) is 24.3 Å². The third-order valence-corrected chi connectivity index (χ3v) is 3.35. The van der Waals surface area contributed by atoms with E-state index in [0.717, 1.165) is 5.56 Å². The maximum atomic E-state index is 12.0. The minimum atomic E-state index is -1.06. The first-order chi connectivity index (χ1) is 9.47. The highest BCUT2D eigenvalue weighted by Gasteiger charge is 2.23. The second-order valence-corrected chi connectivity index (χ2v) is 4.78. The zero-order valence-electron chi connectivity index (χ0n) is 11.8. The van der Waals surface area contributed by atoms with Crippen LogP contribution in [0.1, 0.15) is 32.3 Å². The lowest BCUT2D eigenvalue weighted by Crippen LogP contribution is -2.44. The normalized spacial score (nSPS) is 12.2. The summed E-state index contributed by atoms with van der Waals surface area (Å²) in [6, 6.07) is 5.34. The summed E-state index contributed by atoms with van der Waals surface area (Å²) < 4.78 is 0. The highest BCUT2D eigenvalue weighted by Crippen LogP contribution is 2.13. The van der Waals surface area contributed by atoms with E-state index in [1.54, 1.807) is 12.1 Å². The lowest BCUT2D eigenvalue weighted by atomic mass is 10.0. The van der Waals surface area contributed by atoms with E-state index < -0.39 is 12.0 Å². The van der Waals surface area contributed by atoms with E-state index in [-0.39, 0.29) is 24.0 Å². The Labute approximate surface area is 118 Å². The van der Waals surface area contributed by atoms with Gasteiger partial charge in [-0.2, -0.15) is 0 Å². The fourth-order valence-corrected chi connectivity index (χ4v) is 2.02. The molecule has 0 aromatic heterocycles. The quantitative estimate of drug-likeness (QED) is 0.712. The molecule has 1 atom stereocenters. The van der Waals surface area contributed by atoms with E-state index >= 15 is 0 Å². The molecule has 0 unspecified atom stereocenters. The number of phenols is 1. The summed E-state index contributed by atoms with van der Waals surface area (Å²) in [7, 11) is 0. The monoisotopic (exact) mass is 279 g/mol. The van der Waals surface area contributed by atoms with Gasteiger partial charge in [-0.1, -0.05) is 26.0 Å². The van der Waals surface area contributed by atoms with Crippen molar-refractivity contribution < 1.29 is 19.8 Å². The molecule has 0 radical (unpaired) electrons. The van der Waals surface area contributed by atoms with Crippen molar-refractivity contribution in [1.82, 2.24) is 5.32 Å². The van der Waals surface area contributed by atoms with Crippen molar-refractivity contribution in [3.8, 4) is 5.75 Å². The van der Waals surface area contributed by atoms with Crippen molar-refractivity contribution in [1.29, 1.82) is 0 Å². The number of phenolic OH excluding ortho intramolecular Hbond substituents is 1. The zero-order chi connectivity index (χ0) is 15.1. The van der Waals surface area contributed by atoms with Gasteiger partial charge in [0.25, 0.3) is 0 Å². The summed E-state index contributed by atoms with van der Waals surface area (Å²) in [4.78, 5) is 23.2. The molecule has 1 aromatic carbocycles. The number of nitrogens with one attached hydrogen (secondary N) is 1. The highest BCUT2D eigenvalue weighted by molar-refractivity contribution is 5.85. The molecule has 0 aliphatic heterocycles. The summed E-state index contributed by atoms with van der Waals surface area (Å²) in [5, 5.41) is 21.0. The van der Waals surface area contributed by atoms with Crippen LogP contribution < -0.4 is 5.32 Å². The molecule has 0 aliphatic carbocycles. The average Bonchev–Trinajstić information content (AvgIpc) is 2.41. The summed E-state index contributed by atoms with van der Waals surface area (Å²) >= 11 is 0. The Kier molecular flexibility index (Phi) is 6.03. The second kappa shape index (κ2) is 7.53. The lowest BCUT2D eigenvalue weighted by molar-refractivity contribution is -0.142. The Morgan fingerprint density at radius 1 is 1.15 bits per heavy atom. The summed E-state index contributed by atoms with van der Waals surface area (Å²) in [6.07, 6.45) is 1.57. The van der Waals surface area contributed by atoms with Gasteiger partial charge in [0.2, 0.25) is 5.91 Å². The standard InChI is InChI=1S/C15H21NO4/c1-3-11(4-2)14(18)16-13(15(19)20)9-10-5-7-12(17)8-6-10/h5-8,11,13,17H,3-4,9H2,1-2H3,(H,16,18)(H,19,20)/t13-/m1/s1. The lowest BCUT2D eigenvalue weighted by Gasteiger charge is -2.18. The Bertz CT molecular complexity index is 451. The SMILES string of the molecule is CCC(CC)C(=O)N[C@H](Cc1ccc(O)cc1)C(=O)O. The predicted molar refractivity (Wildman–Crippen MR) is 75.4 cm³/mol. The minimum absolute atomic E-state index is 0.127. The Hall–Kier alpha value is -2.04. The number of aromatic hydroxyl groups is 1. The van der Waals surface area contributed by atoms with Crippen LogP contribution in [0, 0.1) is 5.92 Å². The molecule has 0 saturated carbocycles. The van der Waals surface area contributed by atoms with Crippen LogP contribution in [0.25, 0.3) is 0 Å². The number of amides is 1. The van der Waals surface area contributed by atoms with Crippen molar-refractivity contribution in [3.63, 3.8) is 0 Å². The van der Waals surface area contributed by atoms with Gasteiger partial charge in [-0.15, -0.1) is 0 Å². The molecule has 0 bridgehead atoms. The zero-order valence-corrected chi connectivity index (χ0v) is 11.8. The molecule has 0 spiro atoms. The first-order valence-corrected chi connectivity index (χ1v) is 6.79. The van der Waals surface area contributed by atoms with Crippen LogP contribution in [0.2, 0.25) is 0 Å². The number of aliphatic carboxylic acids is 1. The third kappa shape index (κ3) is 4.57. The summed E-state index contributed by atoms with van der Waals surface area (Å²) in [6.45, 7) is 3.81. The van der Waals surface area contributed by atoms with Gasteiger partial charge in [0.1, 0.15) is 11.8 Å².